The Morgan fingerprint density at radius 3 is 2.89 bits per heavy atom. The van der Waals surface area contributed by atoms with Gasteiger partial charge in [-0.3, -0.25) is 0 Å². The molecule has 5 nitrogen and oxygen atoms in total. The molecule has 2 rings (SSSR count). The SMILES string of the molecule is Cn1cnnc1CNCC(O)c1ccccc1F. The van der Waals surface area contributed by atoms with Crippen molar-refractivity contribution in [3.8, 4) is 0 Å². The summed E-state index contributed by atoms with van der Waals surface area (Å²) in [5.74, 6) is 0.362. The third-order valence-corrected chi connectivity index (χ3v) is 2.69. The molecule has 0 radical (unpaired) electrons. The summed E-state index contributed by atoms with van der Waals surface area (Å²) in [6, 6.07) is 6.20. The van der Waals surface area contributed by atoms with Crippen LogP contribution in [0.3, 0.4) is 0 Å². The molecule has 0 saturated carbocycles. The Bertz CT molecular complexity index is 514. The topological polar surface area (TPSA) is 63.0 Å². The maximum atomic E-state index is 13.4. The van der Waals surface area contributed by atoms with E-state index in [4.69, 9.17) is 0 Å². The van der Waals surface area contributed by atoms with E-state index in [1.807, 2.05) is 7.05 Å². The Morgan fingerprint density at radius 2 is 2.22 bits per heavy atom. The lowest BCUT2D eigenvalue weighted by Gasteiger charge is -2.12. The molecule has 0 saturated heterocycles. The molecule has 96 valence electrons. The first-order valence-corrected chi connectivity index (χ1v) is 5.64. The Balaban J connectivity index is 1.87. The molecule has 1 atom stereocenters. The van der Waals surface area contributed by atoms with E-state index in [2.05, 4.69) is 15.5 Å². The largest absolute Gasteiger partial charge is 0.387 e. The molecule has 18 heavy (non-hydrogen) atoms. The van der Waals surface area contributed by atoms with E-state index in [-0.39, 0.29) is 6.54 Å². The highest BCUT2D eigenvalue weighted by molar-refractivity contribution is 5.19. The van der Waals surface area contributed by atoms with E-state index < -0.39 is 11.9 Å². The Morgan fingerprint density at radius 1 is 1.44 bits per heavy atom. The van der Waals surface area contributed by atoms with Crippen LogP contribution < -0.4 is 5.32 Å². The Kier molecular flexibility index (Phi) is 4.01. The van der Waals surface area contributed by atoms with E-state index in [0.29, 0.717) is 12.1 Å². The van der Waals surface area contributed by atoms with Gasteiger partial charge in [0, 0.05) is 19.2 Å². The number of halogens is 1. The van der Waals surface area contributed by atoms with E-state index in [9.17, 15) is 9.50 Å². The van der Waals surface area contributed by atoms with Crippen molar-refractivity contribution in [3.63, 3.8) is 0 Å². The highest BCUT2D eigenvalue weighted by Gasteiger charge is 2.11. The number of hydrogen-bond donors (Lipinski definition) is 2. The number of aliphatic hydroxyl groups is 1. The molecule has 0 amide bonds. The second kappa shape index (κ2) is 5.70. The normalized spacial score (nSPS) is 12.6. The number of aromatic nitrogens is 3. The first-order valence-electron chi connectivity index (χ1n) is 5.64. The first-order chi connectivity index (χ1) is 8.68. The molecule has 0 bridgehead atoms. The van der Waals surface area contributed by atoms with Gasteiger partial charge in [-0.05, 0) is 6.07 Å². The summed E-state index contributed by atoms with van der Waals surface area (Å²) in [5, 5.41) is 20.5. The average molecular weight is 250 g/mol. The minimum Gasteiger partial charge on any atom is -0.387 e. The van der Waals surface area contributed by atoms with E-state index in [0.717, 1.165) is 5.82 Å². The van der Waals surface area contributed by atoms with Crippen LogP contribution in [0.15, 0.2) is 30.6 Å². The van der Waals surface area contributed by atoms with Crippen LogP contribution in [0.1, 0.15) is 17.5 Å². The molecule has 0 aliphatic rings. The van der Waals surface area contributed by atoms with Crippen molar-refractivity contribution in [2.24, 2.45) is 7.05 Å². The van der Waals surface area contributed by atoms with Crippen molar-refractivity contribution in [1.29, 1.82) is 0 Å². The molecule has 0 fully saturated rings. The summed E-state index contributed by atoms with van der Waals surface area (Å²) in [6.07, 6.45) is 0.726. The van der Waals surface area contributed by atoms with Gasteiger partial charge in [0.05, 0.1) is 12.6 Å². The van der Waals surface area contributed by atoms with E-state index >= 15 is 0 Å². The molecule has 2 aromatic rings. The molecule has 1 unspecified atom stereocenters. The lowest BCUT2D eigenvalue weighted by atomic mass is 10.1. The first kappa shape index (κ1) is 12.7. The third-order valence-electron chi connectivity index (χ3n) is 2.69. The zero-order valence-corrected chi connectivity index (χ0v) is 10.0. The maximum Gasteiger partial charge on any atom is 0.146 e. The van der Waals surface area contributed by atoms with Gasteiger partial charge in [0.2, 0.25) is 0 Å². The molecular weight excluding hydrogens is 235 g/mol. The summed E-state index contributed by atoms with van der Waals surface area (Å²) in [6.45, 7) is 0.732. The summed E-state index contributed by atoms with van der Waals surface area (Å²) >= 11 is 0. The fourth-order valence-electron chi connectivity index (χ4n) is 1.64. The quantitative estimate of drug-likeness (QED) is 0.823. The second-order valence-electron chi connectivity index (χ2n) is 4.03. The number of nitrogens with one attached hydrogen (secondary N) is 1. The number of rotatable bonds is 5. The van der Waals surface area contributed by atoms with Crippen LogP contribution in [0.4, 0.5) is 4.39 Å². The van der Waals surface area contributed by atoms with Gasteiger partial charge in [0.25, 0.3) is 0 Å². The van der Waals surface area contributed by atoms with Gasteiger partial charge in [-0.25, -0.2) is 4.39 Å². The van der Waals surface area contributed by atoms with Crippen LogP contribution >= 0.6 is 0 Å². The average Bonchev–Trinajstić information content (AvgIpc) is 2.75. The molecule has 6 heteroatoms. The number of benzene rings is 1. The minimum atomic E-state index is -0.876. The van der Waals surface area contributed by atoms with Crippen molar-refractivity contribution in [2.45, 2.75) is 12.6 Å². The van der Waals surface area contributed by atoms with Gasteiger partial charge in [-0.1, -0.05) is 18.2 Å². The summed E-state index contributed by atoms with van der Waals surface area (Å²) in [5.41, 5.74) is 0.294. The lowest BCUT2D eigenvalue weighted by Crippen LogP contribution is -2.23. The van der Waals surface area contributed by atoms with E-state index in [1.54, 1.807) is 29.1 Å². The van der Waals surface area contributed by atoms with Crippen molar-refractivity contribution >= 4 is 0 Å². The van der Waals surface area contributed by atoms with Crippen molar-refractivity contribution in [2.75, 3.05) is 6.54 Å². The van der Waals surface area contributed by atoms with Crippen LogP contribution in [0, 0.1) is 5.82 Å². The molecule has 0 aliphatic carbocycles. The molecule has 0 spiro atoms. The molecule has 1 aromatic carbocycles. The zero-order valence-electron chi connectivity index (χ0n) is 10.0. The van der Waals surface area contributed by atoms with Crippen molar-refractivity contribution in [3.05, 3.63) is 47.8 Å². The molecule has 1 aromatic heterocycles. The van der Waals surface area contributed by atoms with E-state index in [1.165, 1.54) is 6.07 Å². The summed E-state index contributed by atoms with van der Waals surface area (Å²) < 4.78 is 15.2. The fourth-order valence-corrected chi connectivity index (χ4v) is 1.64. The number of nitrogens with zero attached hydrogens (tertiary/aromatic N) is 3. The summed E-state index contributed by atoms with van der Waals surface area (Å²) in [4.78, 5) is 0. The second-order valence-corrected chi connectivity index (χ2v) is 4.03. The van der Waals surface area contributed by atoms with Gasteiger partial charge >= 0.3 is 0 Å². The van der Waals surface area contributed by atoms with Gasteiger partial charge in [-0.15, -0.1) is 10.2 Å². The molecule has 1 heterocycles. The molecule has 2 N–H and O–H groups in total. The smallest absolute Gasteiger partial charge is 0.146 e. The number of aliphatic hydroxyl groups excluding tert-OH is 1. The predicted molar refractivity (Wildman–Crippen MR) is 64.1 cm³/mol. The monoisotopic (exact) mass is 250 g/mol. The molecular formula is C12H15FN4O. The predicted octanol–water partition coefficient (Wildman–Crippen LogP) is 0.777. The van der Waals surface area contributed by atoms with Crippen LogP contribution in [-0.2, 0) is 13.6 Å². The van der Waals surface area contributed by atoms with Gasteiger partial charge in [-0.2, -0.15) is 0 Å². The minimum absolute atomic E-state index is 0.258. The zero-order chi connectivity index (χ0) is 13.0. The standard InChI is InChI=1S/C12H15FN4O/c1-17-8-15-16-12(17)7-14-6-11(18)9-4-2-3-5-10(9)13/h2-5,8,11,14,18H,6-7H2,1H3. The third kappa shape index (κ3) is 2.91. The number of aryl methyl sites for hydroxylation is 1. The summed E-state index contributed by atoms with van der Waals surface area (Å²) in [7, 11) is 1.84. The highest BCUT2D eigenvalue weighted by atomic mass is 19.1. The van der Waals surface area contributed by atoms with Gasteiger partial charge < -0.3 is 15.0 Å². The van der Waals surface area contributed by atoms with Gasteiger partial charge in [0.1, 0.15) is 18.0 Å². The maximum absolute atomic E-state index is 13.4. The fraction of sp³-hybridized carbons (Fsp3) is 0.333. The van der Waals surface area contributed by atoms with Gasteiger partial charge in [0.15, 0.2) is 0 Å². The van der Waals surface area contributed by atoms with Crippen LogP contribution in [-0.4, -0.2) is 26.4 Å². The number of hydrogen-bond acceptors (Lipinski definition) is 4. The van der Waals surface area contributed by atoms with Crippen molar-refractivity contribution in [1.82, 2.24) is 20.1 Å². The lowest BCUT2D eigenvalue weighted by molar-refractivity contribution is 0.169. The van der Waals surface area contributed by atoms with Crippen LogP contribution in [0.25, 0.3) is 0 Å². The Hall–Kier alpha value is -1.79. The molecule has 0 aliphatic heterocycles. The van der Waals surface area contributed by atoms with Crippen LogP contribution in [0.5, 0.6) is 0 Å². The highest BCUT2D eigenvalue weighted by Crippen LogP contribution is 2.15. The Labute approximate surface area is 104 Å². The van der Waals surface area contributed by atoms with Crippen molar-refractivity contribution < 1.29 is 9.50 Å². The van der Waals surface area contributed by atoms with Crippen LogP contribution in [0.2, 0.25) is 0 Å².